The molecule has 4 rings (SSSR count). The molecule has 1 saturated heterocycles. The standard InChI is InChI=1S/C26H30FN5O2S/c1-17(31-15-5-4-6-16-31)25-29-30-26(32(25)23-13-9-21(27)10-14-23)35-18(2)24(34)20-7-11-22(12-8-20)28-19(3)33/h7-14,17-18H,4-6,15-16H2,1-3H3,(H,28,33). The van der Waals surface area contributed by atoms with E-state index in [4.69, 9.17) is 0 Å². The van der Waals surface area contributed by atoms with Crippen molar-refractivity contribution in [3.63, 3.8) is 0 Å². The summed E-state index contributed by atoms with van der Waals surface area (Å²) in [6, 6.07) is 13.1. The van der Waals surface area contributed by atoms with Gasteiger partial charge in [0.2, 0.25) is 5.91 Å². The predicted octanol–water partition coefficient (Wildman–Crippen LogP) is 5.28. The zero-order valence-electron chi connectivity index (χ0n) is 20.2. The molecule has 184 valence electrons. The zero-order valence-corrected chi connectivity index (χ0v) is 21.0. The fraction of sp³-hybridized carbons (Fsp3) is 0.385. The zero-order chi connectivity index (χ0) is 24.9. The summed E-state index contributed by atoms with van der Waals surface area (Å²) in [7, 11) is 0. The number of amides is 1. The Morgan fingerprint density at radius 1 is 0.971 bits per heavy atom. The van der Waals surface area contributed by atoms with Crippen molar-refractivity contribution in [1.29, 1.82) is 0 Å². The monoisotopic (exact) mass is 495 g/mol. The van der Waals surface area contributed by atoms with Gasteiger partial charge >= 0.3 is 0 Å². The minimum Gasteiger partial charge on any atom is -0.326 e. The molecule has 0 aliphatic carbocycles. The molecular weight excluding hydrogens is 465 g/mol. The third-order valence-electron chi connectivity index (χ3n) is 6.20. The van der Waals surface area contributed by atoms with Gasteiger partial charge in [-0.1, -0.05) is 18.2 Å². The normalized spacial score (nSPS) is 16.0. The largest absolute Gasteiger partial charge is 0.326 e. The van der Waals surface area contributed by atoms with Gasteiger partial charge in [-0.05, 0) is 88.3 Å². The van der Waals surface area contributed by atoms with Gasteiger partial charge in [0.15, 0.2) is 16.8 Å². The highest BCUT2D eigenvalue weighted by Gasteiger charge is 2.27. The lowest BCUT2D eigenvalue weighted by Gasteiger charge is -2.32. The molecule has 0 saturated carbocycles. The Labute approximate surface area is 209 Å². The molecular formula is C26H30FN5O2S. The van der Waals surface area contributed by atoms with E-state index in [1.807, 2.05) is 11.5 Å². The molecule has 2 atom stereocenters. The summed E-state index contributed by atoms with van der Waals surface area (Å²) in [5.41, 5.74) is 1.95. The number of hydrogen-bond donors (Lipinski definition) is 1. The molecule has 1 N–H and O–H groups in total. The van der Waals surface area contributed by atoms with Crippen LogP contribution in [0.15, 0.2) is 53.7 Å². The van der Waals surface area contributed by atoms with Gasteiger partial charge < -0.3 is 5.32 Å². The molecule has 35 heavy (non-hydrogen) atoms. The SMILES string of the molecule is CC(=O)Nc1ccc(C(=O)C(C)Sc2nnc(C(C)N3CCCCC3)n2-c2ccc(F)cc2)cc1. The highest BCUT2D eigenvalue weighted by Crippen LogP contribution is 2.32. The first-order valence-corrected chi connectivity index (χ1v) is 12.8. The van der Waals surface area contributed by atoms with Crippen LogP contribution in [0.1, 0.15) is 62.3 Å². The van der Waals surface area contributed by atoms with Crippen molar-refractivity contribution in [1.82, 2.24) is 19.7 Å². The maximum Gasteiger partial charge on any atom is 0.221 e. The average molecular weight is 496 g/mol. The highest BCUT2D eigenvalue weighted by atomic mass is 32.2. The fourth-order valence-corrected chi connectivity index (χ4v) is 5.25. The van der Waals surface area contributed by atoms with Crippen LogP contribution in [-0.2, 0) is 4.79 Å². The number of nitrogens with one attached hydrogen (secondary N) is 1. The Kier molecular flexibility index (Phi) is 7.97. The molecule has 0 spiro atoms. The summed E-state index contributed by atoms with van der Waals surface area (Å²) in [5.74, 6) is 0.250. The average Bonchev–Trinajstić information content (AvgIpc) is 3.27. The van der Waals surface area contributed by atoms with E-state index < -0.39 is 5.25 Å². The van der Waals surface area contributed by atoms with Crippen LogP contribution >= 0.6 is 11.8 Å². The Balaban J connectivity index is 1.59. The van der Waals surface area contributed by atoms with Crippen LogP contribution in [0.2, 0.25) is 0 Å². The number of Topliss-reactive ketones (excluding diaryl/α,β-unsaturated/α-hetero) is 1. The van der Waals surface area contributed by atoms with Gasteiger partial charge in [-0.25, -0.2) is 4.39 Å². The smallest absolute Gasteiger partial charge is 0.221 e. The van der Waals surface area contributed by atoms with Gasteiger partial charge in [0.1, 0.15) is 5.82 Å². The number of carbonyl (C=O) groups is 2. The first-order chi connectivity index (χ1) is 16.8. The number of aromatic nitrogens is 3. The molecule has 1 aliphatic heterocycles. The topological polar surface area (TPSA) is 80.1 Å². The quantitative estimate of drug-likeness (QED) is 0.339. The van der Waals surface area contributed by atoms with Crippen molar-refractivity contribution in [2.75, 3.05) is 18.4 Å². The Bertz CT molecular complexity index is 1170. The molecule has 1 aliphatic rings. The van der Waals surface area contributed by atoms with Crippen molar-refractivity contribution in [2.24, 2.45) is 0 Å². The molecule has 0 radical (unpaired) electrons. The van der Waals surface area contributed by atoms with E-state index in [0.717, 1.165) is 37.4 Å². The molecule has 0 bridgehead atoms. The van der Waals surface area contributed by atoms with E-state index in [0.29, 0.717) is 16.4 Å². The maximum atomic E-state index is 13.7. The van der Waals surface area contributed by atoms with Crippen LogP contribution in [0.25, 0.3) is 5.69 Å². The van der Waals surface area contributed by atoms with Gasteiger partial charge in [-0.15, -0.1) is 10.2 Å². The number of nitrogens with zero attached hydrogens (tertiary/aromatic N) is 4. The van der Waals surface area contributed by atoms with E-state index in [1.165, 1.54) is 37.2 Å². The third kappa shape index (κ3) is 5.97. The number of piperidine rings is 1. The second kappa shape index (κ2) is 11.1. The number of hydrogen-bond acceptors (Lipinski definition) is 6. The number of rotatable bonds is 8. The van der Waals surface area contributed by atoms with E-state index >= 15 is 0 Å². The lowest BCUT2D eigenvalue weighted by atomic mass is 10.1. The number of anilines is 1. The molecule has 3 aromatic rings. The van der Waals surface area contributed by atoms with Crippen molar-refractivity contribution < 1.29 is 14.0 Å². The van der Waals surface area contributed by atoms with Gasteiger partial charge in [-0.3, -0.25) is 19.1 Å². The van der Waals surface area contributed by atoms with Gasteiger partial charge in [0.05, 0.1) is 11.3 Å². The van der Waals surface area contributed by atoms with Crippen LogP contribution in [0.3, 0.4) is 0 Å². The minimum absolute atomic E-state index is 0.0366. The van der Waals surface area contributed by atoms with E-state index in [-0.39, 0.29) is 23.5 Å². The maximum absolute atomic E-state index is 13.7. The minimum atomic E-state index is -0.428. The molecule has 2 heterocycles. The highest BCUT2D eigenvalue weighted by molar-refractivity contribution is 8.00. The van der Waals surface area contributed by atoms with Crippen LogP contribution < -0.4 is 5.32 Å². The number of carbonyl (C=O) groups excluding carboxylic acids is 2. The van der Waals surface area contributed by atoms with Crippen molar-refractivity contribution in [3.05, 3.63) is 65.7 Å². The van der Waals surface area contributed by atoms with Crippen LogP contribution in [0.4, 0.5) is 10.1 Å². The first-order valence-electron chi connectivity index (χ1n) is 11.9. The van der Waals surface area contributed by atoms with Crippen LogP contribution in [0, 0.1) is 5.82 Å². The predicted molar refractivity (Wildman–Crippen MR) is 136 cm³/mol. The molecule has 7 nitrogen and oxygen atoms in total. The third-order valence-corrected chi connectivity index (χ3v) is 7.24. The summed E-state index contributed by atoms with van der Waals surface area (Å²) in [5, 5.41) is 11.8. The molecule has 2 aromatic carbocycles. The van der Waals surface area contributed by atoms with Crippen LogP contribution in [-0.4, -0.2) is 49.7 Å². The second-order valence-corrected chi connectivity index (χ2v) is 10.1. The molecule has 9 heteroatoms. The van der Waals surface area contributed by atoms with Crippen molar-refractivity contribution in [3.8, 4) is 5.69 Å². The van der Waals surface area contributed by atoms with Crippen molar-refractivity contribution in [2.45, 2.75) is 56.5 Å². The van der Waals surface area contributed by atoms with Crippen LogP contribution in [0.5, 0.6) is 0 Å². The molecule has 1 amide bonds. The second-order valence-electron chi connectivity index (χ2n) is 8.81. The summed E-state index contributed by atoms with van der Waals surface area (Å²) in [6.07, 6.45) is 3.55. The number of halogens is 1. The fourth-order valence-electron chi connectivity index (χ4n) is 4.30. The Morgan fingerprint density at radius 2 is 1.63 bits per heavy atom. The number of ketones is 1. The van der Waals surface area contributed by atoms with Gasteiger partial charge in [-0.2, -0.15) is 0 Å². The van der Waals surface area contributed by atoms with E-state index in [2.05, 4.69) is 27.3 Å². The lowest BCUT2D eigenvalue weighted by Crippen LogP contribution is -2.33. The Morgan fingerprint density at radius 3 is 2.26 bits per heavy atom. The van der Waals surface area contributed by atoms with Gasteiger partial charge in [0, 0.05) is 23.9 Å². The Hall–Kier alpha value is -3.04. The summed E-state index contributed by atoms with van der Waals surface area (Å²) < 4.78 is 15.6. The number of benzene rings is 2. The lowest BCUT2D eigenvalue weighted by molar-refractivity contribution is -0.114. The molecule has 1 aromatic heterocycles. The summed E-state index contributed by atoms with van der Waals surface area (Å²) >= 11 is 1.33. The summed E-state index contributed by atoms with van der Waals surface area (Å²) in [4.78, 5) is 26.8. The van der Waals surface area contributed by atoms with E-state index in [1.54, 1.807) is 36.4 Å². The molecule has 1 fully saturated rings. The van der Waals surface area contributed by atoms with E-state index in [9.17, 15) is 14.0 Å². The number of likely N-dealkylation sites (tertiary alicyclic amines) is 1. The van der Waals surface area contributed by atoms with Gasteiger partial charge in [0.25, 0.3) is 0 Å². The summed E-state index contributed by atoms with van der Waals surface area (Å²) in [6.45, 7) is 7.41. The first kappa shape index (κ1) is 25.1. The van der Waals surface area contributed by atoms with Crippen molar-refractivity contribution >= 4 is 29.1 Å². The molecule has 2 unspecified atom stereocenters. The number of thioether (sulfide) groups is 1.